The first-order chi connectivity index (χ1) is 9.67. The molecule has 3 heterocycles. The van der Waals surface area contributed by atoms with E-state index >= 15 is 0 Å². The second kappa shape index (κ2) is 4.94. The van der Waals surface area contributed by atoms with Crippen LogP contribution in [0.2, 0.25) is 0 Å². The number of rotatable bonds is 3. The van der Waals surface area contributed by atoms with Crippen LogP contribution in [0.5, 0.6) is 0 Å². The number of anilines is 1. The Kier molecular flexibility index (Phi) is 3.26. The van der Waals surface area contributed by atoms with Crippen LogP contribution < -0.4 is 11.5 Å². The number of aliphatic hydroxyl groups excluding tert-OH is 1. The van der Waals surface area contributed by atoms with Crippen LogP contribution in [0.4, 0.5) is 5.82 Å². The molecule has 0 bridgehead atoms. The standard InChI is InChI=1S/C11H16N6O3/c1-19-8-6(12)5(2-18)20-11(8)17-4-16-7-9(13)14-3-15-10(7)17/h3-6,8,11,18H,2,12H2,1H3,(H2,13,14,15). The first kappa shape index (κ1) is 13.2. The van der Waals surface area contributed by atoms with E-state index in [2.05, 4.69) is 15.0 Å². The summed E-state index contributed by atoms with van der Waals surface area (Å²) in [5, 5.41) is 9.29. The lowest BCUT2D eigenvalue weighted by molar-refractivity contribution is -0.0583. The predicted octanol–water partition coefficient (Wildman–Crippen LogP) is -1.36. The molecule has 20 heavy (non-hydrogen) atoms. The van der Waals surface area contributed by atoms with Crippen LogP contribution in [0.1, 0.15) is 6.23 Å². The van der Waals surface area contributed by atoms with Gasteiger partial charge in [-0.3, -0.25) is 4.57 Å². The summed E-state index contributed by atoms with van der Waals surface area (Å²) in [6.45, 7) is -0.179. The molecule has 0 saturated carbocycles. The van der Waals surface area contributed by atoms with Gasteiger partial charge in [0.2, 0.25) is 0 Å². The highest BCUT2D eigenvalue weighted by Gasteiger charge is 2.44. The Balaban J connectivity index is 2.04. The molecule has 9 heteroatoms. The predicted molar refractivity (Wildman–Crippen MR) is 69.5 cm³/mol. The Morgan fingerprint density at radius 3 is 2.95 bits per heavy atom. The number of ether oxygens (including phenoxy) is 2. The van der Waals surface area contributed by atoms with Gasteiger partial charge in [0.1, 0.15) is 24.1 Å². The first-order valence-corrected chi connectivity index (χ1v) is 6.15. The number of nitrogens with zero attached hydrogens (tertiary/aromatic N) is 4. The Morgan fingerprint density at radius 1 is 1.45 bits per heavy atom. The van der Waals surface area contributed by atoms with Crippen LogP contribution in [0, 0.1) is 0 Å². The van der Waals surface area contributed by atoms with Gasteiger partial charge >= 0.3 is 0 Å². The van der Waals surface area contributed by atoms with Crippen LogP contribution in [-0.2, 0) is 9.47 Å². The number of hydrogen-bond acceptors (Lipinski definition) is 8. The van der Waals surface area contributed by atoms with Gasteiger partial charge in [-0.15, -0.1) is 0 Å². The van der Waals surface area contributed by atoms with Crippen molar-refractivity contribution < 1.29 is 14.6 Å². The minimum absolute atomic E-state index is 0.179. The molecule has 1 aliphatic rings. The highest BCUT2D eigenvalue weighted by Crippen LogP contribution is 2.32. The fraction of sp³-hybridized carbons (Fsp3) is 0.545. The fourth-order valence-electron chi connectivity index (χ4n) is 2.47. The summed E-state index contributed by atoms with van der Waals surface area (Å²) in [5.41, 5.74) is 12.8. The lowest BCUT2D eigenvalue weighted by Gasteiger charge is -2.20. The second-order valence-corrected chi connectivity index (χ2v) is 4.61. The van der Waals surface area contributed by atoms with Gasteiger partial charge < -0.3 is 26.0 Å². The van der Waals surface area contributed by atoms with Crippen LogP contribution in [0.3, 0.4) is 0 Å². The molecule has 0 radical (unpaired) electrons. The van der Waals surface area contributed by atoms with E-state index in [-0.39, 0.29) is 6.61 Å². The van der Waals surface area contributed by atoms with Gasteiger partial charge in [-0.25, -0.2) is 15.0 Å². The van der Waals surface area contributed by atoms with Crippen molar-refractivity contribution in [2.24, 2.45) is 5.73 Å². The van der Waals surface area contributed by atoms with Gasteiger partial charge in [0.05, 0.1) is 19.0 Å². The topological polar surface area (TPSA) is 134 Å². The van der Waals surface area contributed by atoms with Crippen LogP contribution in [0.15, 0.2) is 12.7 Å². The molecule has 3 rings (SSSR count). The summed E-state index contributed by atoms with van der Waals surface area (Å²) in [6.07, 6.45) is 1.48. The first-order valence-electron chi connectivity index (χ1n) is 6.15. The molecule has 0 aromatic carbocycles. The van der Waals surface area contributed by atoms with Gasteiger partial charge in [-0.2, -0.15) is 0 Å². The lowest BCUT2D eigenvalue weighted by Crippen LogP contribution is -2.42. The summed E-state index contributed by atoms with van der Waals surface area (Å²) in [4.78, 5) is 12.2. The number of nitrogen functional groups attached to an aromatic ring is 1. The number of aliphatic hydroxyl groups is 1. The summed E-state index contributed by atoms with van der Waals surface area (Å²) in [7, 11) is 1.54. The van der Waals surface area contributed by atoms with E-state index in [4.69, 9.17) is 20.9 Å². The molecule has 1 fully saturated rings. The van der Waals surface area contributed by atoms with E-state index in [9.17, 15) is 5.11 Å². The lowest BCUT2D eigenvalue weighted by atomic mass is 10.1. The molecule has 1 saturated heterocycles. The zero-order valence-corrected chi connectivity index (χ0v) is 10.9. The number of imidazole rings is 1. The molecule has 1 aliphatic heterocycles. The van der Waals surface area contributed by atoms with Crippen LogP contribution in [0.25, 0.3) is 11.2 Å². The van der Waals surface area contributed by atoms with Gasteiger partial charge in [0.15, 0.2) is 17.7 Å². The van der Waals surface area contributed by atoms with Crippen molar-refractivity contribution in [2.45, 2.75) is 24.5 Å². The monoisotopic (exact) mass is 280 g/mol. The zero-order valence-electron chi connectivity index (χ0n) is 10.9. The average Bonchev–Trinajstić information content (AvgIpc) is 3.00. The Bertz CT molecular complexity index is 617. The van der Waals surface area contributed by atoms with E-state index in [1.54, 1.807) is 18.0 Å². The largest absolute Gasteiger partial charge is 0.394 e. The highest BCUT2D eigenvalue weighted by molar-refractivity contribution is 5.81. The van der Waals surface area contributed by atoms with Crippen molar-refractivity contribution in [3.8, 4) is 0 Å². The maximum absolute atomic E-state index is 9.29. The van der Waals surface area contributed by atoms with Crippen molar-refractivity contribution in [3.63, 3.8) is 0 Å². The SMILES string of the molecule is COC1C(N)C(CO)OC1n1cnc2c(N)ncnc21. The maximum atomic E-state index is 9.29. The van der Waals surface area contributed by atoms with Crippen LogP contribution in [-0.4, -0.2) is 56.6 Å². The van der Waals surface area contributed by atoms with E-state index in [0.29, 0.717) is 17.0 Å². The van der Waals surface area contributed by atoms with Gasteiger partial charge in [0.25, 0.3) is 0 Å². The molecule has 0 amide bonds. The molecule has 2 aromatic heterocycles. The molecule has 9 nitrogen and oxygen atoms in total. The molecule has 4 unspecified atom stereocenters. The summed E-state index contributed by atoms with van der Waals surface area (Å²) in [6, 6.07) is -0.438. The van der Waals surface area contributed by atoms with Crippen molar-refractivity contribution in [1.82, 2.24) is 19.5 Å². The Labute approximate surface area is 114 Å². The molecule has 2 aromatic rings. The van der Waals surface area contributed by atoms with Crippen molar-refractivity contribution in [3.05, 3.63) is 12.7 Å². The zero-order chi connectivity index (χ0) is 14.3. The number of aromatic nitrogens is 4. The molecule has 5 N–H and O–H groups in total. The quantitative estimate of drug-likeness (QED) is 0.627. The van der Waals surface area contributed by atoms with Gasteiger partial charge in [-0.1, -0.05) is 0 Å². The maximum Gasteiger partial charge on any atom is 0.167 e. The third kappa shape index (κ3) is 1.83. The van der Waals surface area contributed by atoms with Crippen molar-refractivity contribution >= 4 is 17.0 Å². The Hall–Kier alpha value is -1.81. The molecular formula is C11H16N6O3. The minimum Gasteiger partial charge on any atom is -0.394 e. The van der Waals surface area contributed by atoms with Crippen molar-refractivity contribution in [2.75, 3.05) is 19.5 Å². The molecule has 4 atom stereocenters. The van der Waals surface area contributed by atoms with Gasteiger partial charge in [0, 0.05) is 7.11 Å². The van der Waals surface area contributed by atoms with Gasteiger partial charge in [-0.05, 0) is 0 Å². The number of methoxy groups -OCH3 is 1. The minimum atomic E-state index is -0.522. The van der Waals surface area contributed by atoms with E-state index in [1.165, 1.54) is 6.33 Å². The summed E-state index contributed by atoms with van der Waals surface area (Å²) >= 11 is 0. The Morgan fingerprint density at radius 2 is 2.25 bits per heavy atom. The fourth-order valence-corrected chi connectivity index (χ4v) is 2.47. The molecular weight excluding hydrogens is 264 g/mol. The number of hydrogen-bond donors (Lipinski definition) is 3. The van der Waals surface area contributed by atoms with E-state index < -0.39 is 24.5 Å². The van der Waals surface area contributed by atoms with Crippen molar-refractivity contribution in [1.29, 1.82) is 0 Å². The van der Waals surface area contributed by atoms with E-state index in [1.807, 2.05) is 0 Å². The molecule has 0 aliphatic carbocycles. The summed E-state index contributed by atoms with van der Waals surface area (Å²) in [5.74, 6) is 0.295. The number of nitrogens with two attached hydrogens (primary N) is 2. The third-order valence-corrected chi connectivity index (χ3v) is 3.52. The summed E-state index contributed by atoms with van der Waals surface area (Å²) < 4.78 is 12.8. The smallest absolute Gasteiger partial charge is 0.167 e. The second-order valence-electron chi connectivity index (χ2n) is 4.61. The van der Waals surface area contributed by atoms with E-state index in [0.717, 1.165) is 0 Å². The third-order valence-electron chi connectivity index (χ3n) is 3.52. The van der Waals surface area contributed by atoms with Crippen LogP contribution >= 0.6 is 0 Å². The highest BCUT2D eigenvalue weighted by atomic mass is 16.6. The molecule has 108 valence electrons. The average molecular weight is 280 g/mol. The number of fused-ring (bicyclic) bond motifs is 1. The normalized spacial score (nSPS) is 30.1. The molecule has 0 spiro atoms.